The summed E-state index contributed by atoms with van der Waals surface area (Å²) in [4.78, 5) is 24.3. The molecular formula is C15H14BrNO4. The number of aryl methyl sites for hydroxylation is 2. The highest BCUT2D eigenvalue weighted by Gasteiger charge is 2.24. The lowest BCUT2D eigenvalue weighted by atomic mass is 10.1. The third kappa shape index (κ3) is 3.39. The molecule has 5 nitrogen and oxygen atoms in total. The molecule has 0 unspecified atom stereocenters. The first kappa shape index (κ1) is 15.4. The van der Waals surface area contributed by atoms with Crippen molar-refractivity contribution in [3.63, 3.8) is 0 Å². The molecule has 2 rings (SSSR count). The van der Waals surface area contributed by atoms with Crippen LogP contribution >= 0.6 is 15.9 Å². The summed E-state index contributed by atoms with van der Waals surface area (Å²) in [6, 6.07) is 6.87. The highest BCUT2D eigenvalue weighted by atomic mass is 79.9. The van der Waals surface area contributed by atoms with E-state index in [1.807, 2.05) is 0 Å². The summed E-state index contributed by atoms with van der Waals surface area (Å²) in [6.07, 6.45) is -0.882. The summed E-state index contributed by atoms with van der Waals surface area (Å²) < 4.78 is 11.0. The minimum absolute atomic E-state index is 0.261. The van der Waals surface area contributed by atoms with Gasteiger partial charge in [0.15, 0.2) is 6.10 Å². The Kier molecular flexibility index (Phi) is 4.57. The number of rotatable bonds is 4. The van der Waals surface area contributed by atoms with Crippen LogP contribution in [-0.2, 0) is 4.74 Å². The number of halogens is 1. The molecule has 0 aliphatic carbocycles. The maximum absolute atomic E-state index is 12.2. The number of hydrogen-bond donors (Lipinski definition) is 0. The monoisotopic (exact) mass is 351 g/mol. The number of Topliss-reactive ketones (excluding diaryl/α,β-unsaturated/α-hetero) is 1. The van der Waals surface area contributed by atoms with Gasteiger partial charge in [0, 0.05) is 10.0 Å². The molecule has 110 valence electrons. The summed E-state index contributed by atoms with van der Waals surface area (Å²) in [5.74, 6) is -0.493. The zero-order valence-corrected chi connectivity index (χ0v) is 13.4. The molecule has 0 fully saturated rings. The molecule has 6 heteroatoms. The second-order valence-electron chi connectivity index (χ2n) is 4.62. The summed E-state index contributed by atoms with van der Waals surface area (Å²) in [7, 11) is 0. The Bertz CT molecular complexity index is 656. The first-order valence-corrected chi connectivity index (χ1v) is 7.13. The maximum atomic E-state index is 12.2. The van der Waals surface area contributed by atoms with Gasteiger partial charge >= 0.3 is 5.97 Å². The smallest absolute Gasteiger partial charge is 0.344 e. The number of hydrogen-bond acceptors (Lipinski definition) is 5. The Morgan fingerprint density at radius 1 is 1.24 bits per heavy atom. The van der Waals surface area contributed by atoms with Crippen molar-refractivity contribution < 1.29 is 18.8 Å². The van der Waals surface area contributed by atoms with Crippen molar-refractivity contribution >= 4 is 27.7 Å². The number of nitrogens with zero attached hydrogens (tertiary/aromatic N) is 1. The molecule has 0 bridgehead atoms. The molecule has 0 saturated heterocycles. The van der Waals surface area contributed by atoms with Gasteiger partial charge in [0.2, 0.25) is 5.78 Å². The summed E-state index contributed by atoms with van der Waals surface area (Å²) in [5.41, 5.74) is 1.20. The standard InChI is InChI=1S/C15H14BrNO4/c1-8-13(9(2)21-17-8)15(19)20-10(3)14(18)11-4-6-12(16)7-5-11/h4-7,10H,1-3H3/t10-/m1/s1. The molecule has 21 heavy (non-hydrogen) atoms. The van der Waals surface area contributed by atoms with Crippen molar-refractivity contribution in [2.24, 2.45) is 0 Å². The van der Waals surface area contributed by atoms with Crippen molar-refractivity contribution in [3.8, 4) is 0 Å². The van der Waals surface area contributed by atoms with E-state index in [0.29, 0.717) is 17.0 Å². The molecule has 0 N–H and O–H groups in total. The number of esters is 1. The first-order valence-electron chi connectivity index (χ1n) is 6.33. The van der Waals surface area contributed by atoms with Gasteiger partial charge < -0.3 is 9.26 Å². The van der Waals surface area contributed by atoms with E-state index in [4.69, 9.17) is 9.26 Å². The minimum Gasteiger partial charge on any atom is -0.451 e. The Balaban J connectivity index is 2.11. The lowest BCUT2D eigenvalue weighted by Gasteiger charge is -2.12. The lowest BCUT2D eigenvalue weighted by molar-refractivity contribution is 0.0316. The average Bonchev–Trinajstić information content (AvgIpc) is 2.78. The number of carbonyl (C=O) groups is 2. The normalized spacial score (nSPS) is 12.0. The van der Waals surface area contributed by atoms with Gasteiger partial charge in [-0.3, -0.25) is 4.79 Å². The van der Waals surface area contributed by atoms with E-state index in [1.165, 1.54) is 0 Å². The molecule has 0 aliphatic rings. The fourth-order valence-electron chi connectivity index (χ4n) is 1.90. The van der Waals surface area contributed by atoms with Gasteiger partial charge in [0.1, 0.15) is 11.3 Å². The van der Waals surface area contributed by atoms with E-state index in [2.05, 4.69) is 21.1 Å². The number of carbonyl (C=O) groups excluding carboxylic acids is 2. The van der Waals surface area contributed by atoms with E-state index in [9.17, 15) is 9.59 Å². The lowest BCUT2D eigenvalue weighted by Crippen LogP contribution is -2.24. The topological polar surface area (TPSA) is 69.4 Å². The van der Waals surface area contributed by atoms with Crippen molar-refractivity contribution in [1.29, 1.82) is 0 Å². The molecular weight excluding hydrogens is 338 g/mol. The number of ether oxygens (including phenoxy) is 1. The Hall–Kier alpha value is -1.95. The van der Waals surface area contributed by atoms with Crippen LogP contribution in [0.5, 0.6) is 0 Å². The molecule has 1 aromatic carbocycles. The highest BCUT2D eigenvalue weighted by Crippen LogP contribution is 2.17. The van der Waals surface area contributed by atoms with Crippen molar-refractivity contribution in [2.75, 3.05) is 0 Å². The van der Waals surface area contributed by atoms with Crippen LogP contribution < -0.4 is 0 Å². The summed E-state index contributed by atoms with van der Waals surface area (Å²) in [5, 5.41) is 3.69. The first-order chi connectivity index (χ1) is 9.90. The van der Waals surface area contributed by atoms with Crippen LogP contribution in [0.15, 0.2) is 33.3 Å². The third-order valence-corrected chi connectivity index (χ3v) is 3.55. The predicted octanol–water partition coefficient (Wildman–Crippen LogP) is 3.48. The zero-order chi connectivity index (χ0) is 15.6. The number of ketones is 1. The minimum atomic E-state index is -0.882. The Morgan fingerprint density at radius 3 is 2.38 bits per heavy atom. The van der Waals surface area contributed by atoms with Gasteiger partial charge in [-0.05, 0) is 32.9 Å². The molecule has 0 spiro atoms. The summed E-state index contributed by atoms with van der Waals surface area (Å²) >= 11 is 3.30. The van der Waals surface area contributed by atoms with Crippen LogP contribution in [0.3, 0.4) is 0 Å². The third-order valence-electron chi connectivity index (χ3n) is 3.02. The van der Waals surface area contributed by atoms with Crippen LogP contribution in [-0.4, -0.2) is 23.0 Å². The maximum Gasteiger partial charge on any atom is 0.344 e. The van der Waals surface area contributed by atoms with E-state index in [1.54, 1.807) is 45.0 Å². The Labute approximate surface area is 130 Å². The van der Waals surface area contributed by atoms with Crippen LogP contribution in [0.2, 0.25) is 0 Å². The largest absolute Gasteiger partial charge is 0.451 e. The Morgan fingerprint density at radius 2 is 1.86 bits per heavy atom. The van der Waals surface area contributed by atoms with Crippen LogP contribution in [0, 0.1) is 13.8 Å². The van der Waals surface area contributed by atoms with Crippen LogP contribution in [0.25, 0.3) is 0 Å². The SMILES string of the molecule is Cc1noc(C)c1C(=O)O[C@H](C)C(=O)c1ccc(Br)cc1. The molecule has 0 aliphatic heterocycles. The van der Waals surface area contributed by atoms with E-state index < -0.39 is 12.1 Å². The van der Waals surface area contributed by atoms with Gasteiger partial charge in [0.05, 0.1) is 5.69 Å². The predicted molar refractivity (Wildman–Crippen MR) is 79.3 cm³/mol. The van der Waals surface area contributed by atoms with Gasteiger partial charge in [-0.25, -0.2) is 4.79 Å². The van der Waals surface area contributed by atoms with Crippen LogP contribution in [0.4, 0.5) is 0 Å². The van der Waals surface area contributed by atoms with Gasteiger partial charge in [-0.1, -0.05) is 33.2 Å². The average molecular weight is 352 g/mol. The molecule has 0 saturated carbocycles. The van der Waals surface area contributed by atoms with Gasteiger partial charge in [-0.2, -0.15) is 0 Å². The molecule has 1 atom stereocenters. The van der Waals surface area contributed by atoms with Crippen molar-refractivity contribution in [1.82, 2.24) is 5.16 Å². The molecule has 0 amide bonds. The fraction of sp³-hybridized carbons (Fsp3) is 0.267. The molecule has 2 aromatic rings. The van der Waals surface area contributed by atoms with Crippen molar-refractivity contribution in [2.45, 2.75) is 26.9 Å². The quantitative estimate of drug-likeness (QED) is 0.622. The van der Waals surface area contributed by atoms with Crippen LogP contribution in [0.1, 0.15) is 39.1 Å². The molecule has 1 aromatic heterocycles. The molecule has 0 radical (unpaired) electrons. The number of benzene rings is 1. The second-order valence-corrected chi connectivity index (χ2v) is 5.53. The number of aromatic nitrogens is 1. The fourth-order valence-corrected chi connectivity index (χ4v) is 2.16. The molecule has 1 heterocycles. The van der Waals surface area contributed by atoms with E-state index in [0.717, 1.165) is 4.47 Å². The van der Waals surface area contributed by atoms with Gasteiger partial charge in [0.25, 0.3) is 0 Å². The van der Waals surface area contributed by atoms with Gasteiger partial charge in [-0.15, -0.1) is 0 Å². The summed E-state index contributed by atoms with van der Waals surface area (Å²) in [6.45, 7) is 4.81. The van der Waals surface area contributed by atoms with E-state index >= 15 is 0 Å². The van der Waals surface area contributed by atoms with Crippen molar-refractivity contribution in [3.05, 3.63) is 51.3 Å². The second kappa shape index (κ2) is 6.22. The van der Waals surface area contributed by atoms with E-state index in [-0.39, 0.29) is 11.3 Å². The highest BCUT2D eigenvalue weighted by molar-refractivity contribution is 9.10. The zero-order valence-electron chi connectivity index (χ0n) is 11.8.